The Balaban J connectivity index is 1.56. The maximum Gasteiger partial charge on any atom is 0.324 e. The Morgan fingerprint density at radius 2 is 1.46 bits per heavy atom. The molecule has 0 unspecified atom stereocenters. The molecule has 0 radical (unpaired) electrons. The summed E-state index contributed by atoms with van der Waals surface area (Å²) in [5, 5.41) is 2.38. The minimum Gasteiger partial charge on any atom is -0.324 e. The van der Waals surface area contributed by atoms with Crippen LogP contribution in [0.4, 0.5) is 4.79 Å². The zero-order valence-corrected chi connectivity index (χ0v) is 14.9. The summed E-state index contributed by atoms with van der Waals surface area (Å²) >= 11 is 0. The molecule has 1 aliphatic heterocycles. The molecule has 0 aromatic heterocycles. The van der Waals surface area contributed by atoms with E-state index in [1.807, 2.05) is 12.1 Å². The fourth-order valence-electron chi connectivity index (χ4n) is 3.19. The Kier molecular flexibility index (Phi) is 6.39. The lowest BCUT2D eigenvalue weighted by atomic mass is 10.1. The summed E-state index contributed by atoms with van der Waals surface area (Å²) in [5.41, 5.74) is 2.56. The van der Waals surface area contributed by atoms with Gasteiger partial charge < -0.3 is 4.90 Å². The molecule has 136 valence electrons. The Morgan fingerprint density at radius 1 is 0.885 bits per heavy atom. The molecule has 0 atom stereocenters. The lowest BCUT2D eigenvalue weighted by Crippen LogP contribution is -2.49. The van der Waals surface area contributed by atoms with E-state index in [1.54, 1.807) is 4.90 Å². The molecule has 1 fully saturated rings. The van der Waals surface area contributed by atoms with Crippen molar-refractivity contribution in [2.45, 2.75) is 25.9 Å². The number of carbonyl (C=O) groups excluding carboxylic acids is 2. The van der Waals surface area contributed by atoms with Crippen LogP contribution < -0.4 is 5.32 Å². The number of carbonyl (C=O) groups is 2. The third-order valence-corrected chi connectivity index (χ3v) is 4.54. The summed E-state index contributed by atoms with van der Waals surface area (Å²) in [6.07, 6.45) is 1.27. The highest BCUT2D eigenvalue weighted by atomic mass is 16.2. The van der Waals surface area contributed by atoms with Gasteiger partial charge in [0.15, 0.2) is 0 Å². The average molecular weight is 351 g/mol. The average Bonchev–Trinajstić information content (AvgIpc) is 2.65. The fourth-order valence-corrected chi connectivity index (χ4v) is 3.19. The quantitative estimate of drug-likeness (QED) is 0.795. The van der Waals surface area contributed by atoms with Crippen molar-refractivity contribution in [2.75, 3.05) is 19.6 Å². The van der Waals surface area contributed by atoms with E-state index in [9.17, 15) is 9.59 Å². The fraction of sp³-hybridized carbons (Fsp3) is 0.333. The van der Waals surface area contributed by atoms with Gasteiger partial charge in [-0.15, -0.1) is 0 Å². The van der Waals surface area contributed by atoms with E-state index in [1.165, 1.54) is 11.1 Å². The third-order valence-electron chi connectivity index (χ3n) is 4.54. The Morgan fingerprint density at radius 3 is 2.00 bits per heavy atom. The lowest BCUT2D eigenvalue weighted by molar-refractivity contribution is -0.121. The van der Waals surface area contributed by atoms with Crippen LogP contribution in [0.15, 0.2) is 60.7 Å². The van der Waals surface area contributed by atoms with Gasteiger partial charge in [0.25, 0.3) is 0 Å². The van der Waals surface area contributed by atoms with Crippen LogP contribution in [0.3, 0.4) is 0 Å². The number of hydrogen-bond acceptors (Lipinski definition) is 3. The van der Waals surface area contributed by atoms with E-state index in [4.69, 9.17) is 0 Å². The van der Waals surface area contributed by atoms with Gasteiger partial charge in [0.2, 0.25) is 5.91 Å². The van der Waals surface area contributed by atoms with Crippen molar-refractivity contribution in [3.63, 3.8) is 0 Å². The highest BCUT2D eigenvalue weighted by Crippen LogP contribution is 2.11. The monoisotopic (exact) mass is 351 g/mol. The molecule has 5 nitrogen and oxygen atoms in total. The van der Waals surface area contributed by atoms with Crippen molar-refractivity contribution in [3.8, 4) is 0 Å². The predicted octanol–water partition coefficient (Wildman–Crippen LogP) is 3.02. The number of amides is 3. The van der Waals surface area contributed by atoms with Crippen molar-refractivity contribution >= 4 is 11.9 Å². The van der Waals surface area contributed by atoms with E-state index in [-0.39, 0.29) is 11.9 Å². The topological polar surface area (TPSA) is 52.7 Å². The van der Waals surface area contributed by atoms with Gasteiger partial charge in [-0.1, -0.05) is 60.7 Å². The Labute approximate surface area is 154 Å². The van der Waals surface area contributed by atoms with Crippen molar-refractivity contribution in [1.29, 1.82) is 0 Å². The summed E-state index contributed by atoms with van der Waals surface area (Å²) in [7, 11) is 0. The van der Waals surface area contributed by atoms with Gasteiger partial charge >= 0.3 is 6.03 Å². The largest absolute Gasteiger partial charge is 0.324 e. The normalized spacial score (nSPS) is 14.6. The number of nitrogens with one attached hydrogen (secondary N) is 1. The minimum atomic E-state index is -0.265. The Bertz CT molecular complexity index is 677. The van der Waals surface area contributed by atoms with Gasteiger partial charge in [-0.3, -0.25) is 15.0 Å². The molecule has 2 aromatic rings. The molecule has 3 amide bonds. The molecule has 1 aliphatic rings. The first-order valence-corrected chi connectivity index (χ1v) is 9.10. The standard InChI is InChI=1S/C21H25N3O2/c25-20-12-15-24(21(26)22-20)14-7-13-23(16-18-8-3-1-4-9-18)17-19-10-5-2-6-11-19/h1-6,8-11H,7,12-17H2,(H,22,25,26). The van der Waals surface area contributed by atoms with Gasteiger partial charge in [-0.2, -0.15) is 0 Å². The third kappa shape index (κ3) is 5.43. The molecule has 2 aromatic carbocycles. The number of rotatable bonds is 8. The SMILES string of the molecule is O=C1CCN(CCCN(Cc2ccccc2)Cc2ccccc2)C(=O)N1. The van der Waals surface area contributed by atoms with Crippen LogP contribution in [0.1, 0.15) is 24.0 Å². The van der Waals surface area contributed by atoms with Crippen LogP contribution in [-0.4, -0.2) is 41.4 Å². The van der Waals surface area contributed by atoms with Crippen molar-refractivity contribution < 1.29 is 9.59 Å². The van der Waals surface area contributed by atoms with Crippen LogP contribution in [0.2, 0.25) is 0 Å². The second kappa shape index (κ2) is 9.15. The van der Waals surface area contributed by atoms with Crippen LogP contribution >= 0.6 is 0 Å². The maximum absolute atomic E-state index is 11.8. The van der Waals surface area contributed by atoms with Crippen LogP contribution in [0.5, 0.6) is 0 Å². The van der Waals surface area contributed by atoms with E-state index in [2.05, 4.69) is 58.7 Å². The summed E-state index contributed by atoms with van der Waals surface area (Å²) in [6, 6.07) is 20.6. The molecule has 26 heavy (non-hydrogen) atoms. The molecule has 0 aliphatic carbocycles. The van der Waals surface area contributed by atoms with Gasteiger partial charge in [-0.05, 0) is 17.5 Å². The van der Waals surface area contributed by atoms with E-state index in [0.717, 1.165) is 26.1 Å². The van der Waals surface area contributed by atoms with Crippen LogP contribution in [-0.2, 0) is 17.9 Å². The molecule has 1 heterocycles. The van der Waals surface area contributed by atoms with Gasteiger partial charge in [0.05, 0.1) is 0 Å². The Hall–Kier alpha value is -2.66. The highest BCUT2D eigenvalue weighted by Gasteiger charge is 2.22. The smallest absolute Gasteiger partial charge is 0.324 e. The molecule has 1 N–H and O–H groups in total. The molecule has 1 saturated heterocycles. The minimum absolute atomic E-state index is 0.180. The summed E-state index contributed by atoms with van der Waals surface area (Å²) in [4.78, 5) is 27.2. The van der Waals surface area contributed by atoms with Crippen LogP contribution in [0, 0.1) is 0 Å². The van der Waals surface area contributed by atoms with Crippen molar-refractivity contribution in [2.24, 2.45) is 0 Å². The second-order valence-electron chi connectivity index (χ2n) is 6.63. The highest BCUT2D eigenvalue weighted by molar-refractivity contribution is 5.96. The zero-order chi connectivity index (χ0) is 18.2. The summed E-state index contributed by atoms with van der Waals surface area (Å²) in [5.74, 6) is -0.180. The van der Waals surface area contributed by atoms with E-state index in [0.29, 0.717) is 19.5 Å². The van der Waals surface area contributed by atoms with E-state index >= 15 is 0 Å². The van der Waals surface area contributed by atoms with Gasteiger partial charge in [0.1, 0.15) is 0 Å². The van der Waals surface area contributed by atoms with Gasteiger partial charge in [0, 0.05) is 39.1 Å². The molecule has 0 spiro atoms. The number of benzene rings is 2. The number of hydrogen-bond donors (Lipinski definition) is 1. The molecular weight excluding hydrogens is 326 g/mol. The van der Waals surface area contributed by atoms with E-state index < -0.39 is 0 Å². The second-order valence-corrected chi connectivity index (χ2v) is 6.63. The maximum atomic E-state index is 11.8. The van der Waals surface area contributed by atoms with Crippen LogP contribution in [0.25, 0.3) is 0 Å². The van der Waals surface area contributed by atoms with Crippen molar-refractivity contribution in [1.82, 2.24) is 15.1 Å². The molecule has 0 saturated carbocycles. The van der Waals surface area contributed by atoms with Crippen molar-refractivity contribution in [3.05, 3.63) is 71.8 Å². The lowest BCUT2D eigenvalue weighted by Gasteiger charge is -2.28. The molecule has 0 bridgehead atoms. The first kappa shape index (κ1) is 18.1. The number of nitrogens with zero attached hydrogens (tertiary/aromatic N) is 2. The van der Waals surface area contributed by atoms with Gasteiger partial charge in [-0.25, -0.2) is 4.79 Å². The number of urea groups is 1. The molecular formula is C21H25N3O2. The zero-order valence-electron chi connectivity index (χ0n) is 14.9. The first-order valence-electron chi connectivity index (χ1n) is 9.10. The molecule has 3 rings (SSSR count). The first-order chi connectivity index (χ1) is 12.7. The summed E-state index contributed by atoms with van der Waals surface area (Å²) < 4.78 is 0. The molecule has 5 heteroatoms. The number of imide groups is 1. The predicted molar refractivity (Wildman–Crippen MR) is 101 cm³/mol. The summed E-state index contributed by atoms with van der Waals surface area (Å²) in [6.45, 7) is 3.82.